The molecule has 1 aliphatic rings. The molecule has 1 aromatic rings. The summed E-state index contributed by atoms with van der Waals surface area (Å²) in [5.41, 5.74) is 4.73. The Morgan fingerprint density at radius 3 is 2.04 bits per heavy atom. The van der Waals surface area contributed by atoms with Gasteiger partial charge in [0.2, 0.25) is 10.0 Å². The number of benzene rings is 1. The number of carbonyl (C=O) groups excluding carboxylic acids is 1. The molecule has 0 unspecified atom stereocenters. The van der Waals surface area contributed by atoms with E-state index in [4.69, 9.17) is 4.74 Å². The first-order valence-electron chi connectivity index (χ1n) is 7.89. The van der Waals surface area contributed by atoms with Crippen LogP contribution in [0.25, 0.3) is 0 Å². The molecule has 1 aliphatic heterocycles. The van der Waals surface area contributed by atoms with Crippen LogP contribution in [0.5, 0.6) is 0 Å². The fourth-order valence-electron chi connectivity index (χ4n) is 3.10. The Kier molecular flexibility index (Phi) is 5.67. The molecule has 134 valence electrons. The van der Waals surface area contributed by atoms with Crippen LogP contribution in [-0.4, -0.2) is 49.9 Å². The van der Waals surface area contributed by atoms with Gasteiger partial charge in [-0.1, -0.05) is 0 Å². The van der Waals surface area contributed by atoms with Crippen molar-refractivity contribution in [1.29, 1.82) is 0 Å². The Balaban J connectivity index is 2.50. The Labute approximate surface area is 148 Å². The van der Waals surface area contributed by atoms with Crippen LogP contribution in [0.2, 0.25) is 0 Å². The third-order valence-corrected chi connectivity index (χ3v) is 8.32. The van der Waals surface area contributed by atoms with Gasteiger partial charge in [-0.25, -0.2) is 8.42 Å². The number of hydrogen-bond donors (Lipinski definition) is 0. The molecule has 0 aliphatic carbocycles. The lowest BCUT2D eigenvalue weighted by atomic mass is 9.95. The maximum Gasteiger partial charge on any atom is 0.320 e. The molecular formula is C17H25NO4S2. The lowest BCUT2D eigenvalue weighted by molar-refractivity contribution is -0.140. The number of esters is 1. The quantitative estimate of drug-likeness (QED) is 0.764. The van der Waals surface area contributed by atoms with E-state index in [-0.39, 0.29) is 12.5 Å². The summed E-state index contributed by atoms with van der Waals surface area (Å²) in [6.45, 7) is 10.2. The Bertz CT molecular complexity index is 742. The van der Waals surface area contributed by atoms with E-state index in [1.54, 1.807) is 0 Å². The molecule has 5 nitrogen and oxygen atoms in total. The Morgan fingerprint density at radius 1 is 1.04 bits per heavy atom. The van der Waals surface area contributed by atoms with Crippen LogP contribution in [0.4, 0.5) is 0 Å². The first kappa shape index (κ1) is 19.3. The lowest BCUT2D eigenvalue weighted by Gasteiger charge is -2.31. The maximum atomic E-state index is 13.3. The van der Waals surface area contributed by atoms with Gasteiger partial charge in [-0.05, 0) is 62.4 Å². The zero-order valence-electron chi connectivity index (χ0n) is 15.1. The number of sulfonamides is 1. The summed E-state index contributed by atoms with van der Waals surface area (Å²) < 4.78 is 32.7. The van der Waals surface area contributed by atoms with Crippen LogP contribution >= 0.6 is 11.8 Å². The predicted octanol–water partition coefficient (Wildman–Crippen LogP) is 2.51. The molecule has 0 bridgehead atoms. The molecule has 0 spiro atoms. The fourth-order valence-corrected chi connectivity index (χ4v) is 6.45. The summed E-state index contributed by atoms with van der Waals surface area (Å²) in [7, 11) is -2.32. The molecular weight excluding hydrogens is 346 g/mol. The van der Waals surface area contributed by atoms with Crippen molar-refractivity contribution in [2.75, 3.05) is 26.0 Å². The molecule has 1 atom stereocenters. The average Bonchev–Trinajstić information content (AvgIpc) is 2.57. The number of nitrogens with zero attached hydrogens (tertiary/aromatic N) is 1. The zero-order valence-corrected chi connectivity index (χ0v) is 16.7. The molecule has 2 rings (SSSR count). The number of methoxy groups -OCH3 is 1. The molecule has 0 aromatic heterocycles. The van der Waals surface area contributed by atoms with Crippen molar-refractivity contribution in [3.05, 3.63) is 27.8 Å². The topological polar surface area (TPSA) is 63.7 Å². The van der Waals surface area contributed by atoms with Crippen LogP contribution in [0.1, 0.15) is 27.8 Å². The van der Waals surface area contributed by atoms with Gasteiger partial charge in [0.25, 0.3) is 0 Å². The van der Waals surface area contributed by atoms with Gasteiger partial charge in [-0.2, -0.15) is 4.31 Å². The van der Waals surface area contributed by atoms with E-state index in [9.17, 15) is 13.2 Å². The lowest BCUT2D eigenvalue weighted by Crippen LogP contribution is -2.45. The Morgan fingerprint density at radius 2 is 1.54 bits per heavy atom. The fraction of sp³-hybridized carbons (Fsp3) is 0.588. The van der Waals surface area contributed by atoms with Crippen LogP contribution < -0.4 is 0 Å². The minimum Gasteiger partial charge on any atom is -0.468 e. The van der Waals surface area contributed by atoms with Crippen molar-refractivity contribution >= 4 is 27.8 Å². The van der Waals surface area contributed by atoms with Gasteiger partial charge in [0.1, 0.15) is 5.25 Å². The first-order chi connectivity index (χ1) is 11.1. The molecule has 1 heterocycles. The van der Waals surface area contributed by atoms with Crippen molar-refractivity contribution in [2.24, 2.45) is 0 Å². The van der Waals surface area contributed by atoms with Gasteiger partial charge in [0.15, 0.2) is 0 Å². The third-order valence-electron chi connectivity index (χ3n) is 5.02. The van der Waals surface area contributed by atoms with Gasteiger partial charge < -0.3 is 4.74 Å². The zero-order chi connectivity index (χ0) is 18.2. The number of ether oxygens (including phenoxy) is 1. The molecule has 1 saturated heterocycles. The van der Waals surface area contributed by atoms with E-state index < -0.39 is 15.3 Å². The molecule has 0 amide bonds. The molecule has 0 N–H and O–H groups in total. The normalized spacial score (nSPS) is 19.3. The molecule has 24 heavy (non-hydrogen) atoms. The van der Waals surface area contributed by atoms with Gasteiger partial charge in [0, 0.05) is 18.8 Å². The van der Waals surface area contributed by atoms with E-state index in [2.05, 4.69) is 0 Å². The van der Waals surface area contributed by atoms with E-state index in [0.29, 0.717) is 17.2 Å². The highest BCUT2D eigenvalue weighted by Gasteiger charge is 2.36. The van der Waals surface area contributed by atoms with Gasteiger partial charge >= 0.3 is 5.97 Å². The minimum atomic E-state index is -3.65. The summed E-state index contributed by atoms with van der Waals surface area (Å²) in [6.07, 6.45) is 0. The maximum absolute atomic E-state index is 13.3. The highest BCUT2D eigenvalue weighted by Crippen LogP contribution is 2.33. The highest BCUT2D eigenvalue weighted by atomic mass is 32.2. The van der Waals surface area contributed by atoms with Gasteiger partial charge in [-0.15, -0.1) is 11.8 Å². The Hall–Kier alpha value is -1.05. The minimum absolute atomic E-state index is 0.157. The molecule has 0 saturated carbocycles. The second-order valence-corrected chi connectivity index (χ2v) is 9.39. The smallest absolute Gasteiger partial charge is 0.320 e. The number of thioether (sulfide) groups is 1. The average molecular weight is 372 g/mol. The number of rotatable bonds is 3. The van der Waals surface area contributed by atoms with Crippen LogP contribution in [0.3, 0.4) is 0 Å². The predicted molar refractivity (Wildman–Crippen MR) is 97.1 cm³/mol. The second-order valence-electron chi connectivity index (χ2n) is 6.20. The van der Waals surface area contributed by atoms with Crippen LogP contribution in [-0.2, 0) is 19.6 Å². The van der Waals surface area contributed by atoms with E-state index in [0.717, 1.165) is 27.8 Å². The molecule has 1 fully saturated rings. The van der Waals surface area contributed by atoms with Crippen molar-refractivity contribution < 1.29 is 17.9 Å². The summed E-state index contributed by atoms with van der Waals surface area (Å²) in [5, 5.41) is -0.466. The first-order valence-corrected chi connectivity index (χ1v) is 10.4. The van der Waals surface area contributed by atoms with Crippen LogP contribution in [0, 0.1) is 34.6 Å². The molecule has 7 heteroatoms. The van der Waals surface area contributed by atoms with E-state index in [1.165, 1.54) is 23.2 Å². The summed E-state index contributed by atoms with van der Waals surface area (Å²) in [6, 6.07) is 0. The SMILES string of the molecule is COC(=O)[C@@H]1CN(S(=O)(=O)c2c(C)c(C)c(C)c(C)c2C)CCS1. The van der Waals surface area contributed by atoms with Crippen molar-refractivity contribution in [3.63, 3.8) is 0 Å². The summed E-state index contributed by atoms with van der Waals surface area (Å²) >= 11 is 1.45. The summed E-state index contributed by atoms with van der Waals surface area (Å²) in [5.74, 6) is 0.214. The van der Waals surface area contributed by atoms with Gasteiger partial charge in [-0.3, -0.25) is 4.79 Å². The number of hydrogen-bond acceptors (Lipinski definition) is 5. The second kappa shape index (κ2) is 7.06. The van der Waals surface area contributed by atoms with E-state index in [1.807, 2.05) is 34.6 Å². The van der Waals surface area contributed by atoms with Crippen molar-refractivity contribution in [1.82, 2.24) is 4.31 Å². The van der Waals surface area contributed by atoms with E-state index >= 15 is 0 Å². The van der Waals surface area contributed by atoms with Crippen molar-refractivity contribution in [3.8, 4) is 0 Å². The third kappa shape index (κ3) is 3.21. The van der Waals surface area contributed by atoms with Gasteiger partial charge in [0.05, 0.1) is 12.0 Å². The van der Waals surface area contributed by atoms with Crippen LogP contribution in [0.15, 0.2) is 4.90 Å². The number of carbonyl (C=O) groups is 1. The summed E-state index contributed by atoms with van der Waals surface area (Å²) in [4.78, 5) is 12.2. The standard InChI is InChI=1S/C17H25NO4S2/c1-10-11(2)13(4)16(14(5)12(10)3)24(20,21)18-7-8-23-15(9-18)17(19)22-6/h15H,7-9H2,1-6H3/t15-/m0/s1. The molecule has 0 radical (unpaired) electrons. The highest BCUT2D eigenvalue weighted by molar-refractivity contribution is 8.00. The largest absolute Gasteiger partial charge is 0.468 e. The molecule has 1 aromatic carbocycles. The van der Waals surface area contributed by atoms with Crippen molar-refractivity contribution in [2.45, 2.75) is 44.8 Å². The monoisotopic (exact) mass is 371 g/mol.